The highest BCUT2D eigenvalue weighted by Crippen LogP contribution is 2.61. The Bertz CT molecular complexity index is 1740. The summed E-state index contributed by atoms with van der Waals surface area (Å²) in [5.41, 5.74) is 11.3. The van der Waals surface area contributed by atoms with Crippen molar-refractivity contribution in [2.75, 3.05) is 18.9 Å². The van der Waals surface area contributed by atoms with Crippen molar-refractivity contribution in [1.82, 2.24) is 24.4 Å². The standard InChI is InChI=1S/C21H30N7O17P3.H2O/c22-17-12-19(25-7-24-17)28(8-26-12)21-16(44-46(33,34)35)14(30)11(43-21)6-41-48(38,39)45-47(36,37)40-5-10-13(29)15(31)20(42-10)27-3-1-2-9(4-27)18(23)32;/h1,3-4,7-8,10-11,13-16,20-21,29-31H,2,5-6H2,(H2,23,32)(H,36,37)(H,38,39)(H2,22,24,25)(H2,33,34,35);1H2/t10-,11-,13-,14-,15-,16-,20-,21-;/m1./s1. The molecule has 0 aromatic carbocycles. The molecule has 10 atom stereocenters. The molecule has 0 saturated carbocycles. The van der Waals surface area contributed by atoms with Crippen molar-refractivity contribution in [2.24, 2.45) is 5.73 Å². The van der Waals surface area contributed by atoms with Gasteiger partial charge in [0.25, 0.3) is 0 Å². The SMILES string of the molecule is NC(=O)C1=CN([C@@H]2O[C@H](COP(=O)(O)OP(=O)(O)OC[C@H]3O[C@@H](n4cnc5c(N)ncnc54)[C@H](OP(=O)(O)O)[C@@H]3O)[C@@H](O)[C@H]2O)C=CC1.O. The first-order valence-corrected chi connectivity index (χ1v) is 18.0. The van der Waals surface area contributed by atoms with E-state index in [0.29, 0.717) is 0 Å². The van der Waals surface area contributed by atoms with E-state index in [1.807, 2.05) is 0 Å². The molecular weight excluding hydrogens is 731 g/mol. The second kappa shape index (κ2) is 14.8. The average Bonchev–Trinajstić information content (AvgIpc) is 3.64. The number of ether oxygens (including phenoxy) is 2. The number of hydrogen-bond donors (Lipinski definition) is 9. The molecule has 5 heterocycles. The van der Waals surface area contributed by atoms with Crippen LogP contribution in [-0.4, -0.2) is 127 Å². The molecule has 3 aliphatic rings. The third kappa shape index (κ3) is 8.94. The van der Waals surface area contributed by atoms with Gasteiger partial charge in [0.05, 0.1) is 19.5 Å². The smallest absolute Gasteiger partial charge is 0.412 e. The number of carbonyl (C=O) groups is 1. The van der Waals surface area contributed by atoms with E-state index in [4.69, 9.17) is 30.0 Å². The van der Waals surface area contributed by atoms with E-state index < -0.39 is 91.7 Å². The average molecular weight is 763 g/mol. The summed E-state index contributed by atoms with van der Waals surface area (Å²) in [5, 5.41) is 31.5. The first-order valence-electron chi connectivity index (χ1n) is 13.5. The summed E-state index contributed by atoms with van der Waals surface area (Å²) in [5.74, 6) is -0.791. The number of nitrogen functional groups attached to an aromatic ring is 1. The minimum absolute atomic E-state index is 0. The molecule has 28 heteroatoms. The van der Waals surface area contributed by atoms with Gasteiger partial charge in [0, 0.05) is 18.0 Å². The van der Waals surface area contributed by atoms with Gasteiger partial charge in [0.15, 0.2) is 23.9 Å². The van der Waals surface area contributed by atoms with E-state index >= 15 is 0 Å². The predicted molar refractivity (Wildman–Crippen MR) is 156 cm³/mol. The minimum Gasteiger partial charge on any atom is -0.412 e. The molecule has 2 unspecified atom stereocenters. The zero-order chi connectivity index (χ0) is 35.2. The van der Waals surface area contributed by atoms with Crippen LogP contribution in [-0.2, 0) is 45.8 Å². The number of carbonyl (C=O) groups excluding carboxylic acids is 1. The van der Waals surface area contributed by atoms with Crippen LogP contribution in [0.3, 0.4) is 0 Å². The van der Waals surface area contributed by atoms with Crippen molar-refractivity contribution in [3.8, 4) is 0 Å². The Morgan fingerprint density at radius 1 is 0.939 bits per heavy atom. The summed E-state index contributed by atoms with van der Waals surface area (Å²) < 4.78 is 67.2. The zero-order valence-corrected chi connectivity index (χ0v) is 27.3. The summed E-state index contributed by atoms with van der Waals surface area (Å²) >= 11 is 0. The zero-order valence-electron chi connectivity index (χ0n) is 24.6. The van der Waals surface area contributed by atoms with Crippen LogP contribution < -0.4 is 11.5 Å². The largest absolute Gasteiger partial charge is 0.481 e. The normalized spacial score (nSPS) is 31.2. The van der Waals surface area contributed by atoms with Gasteiger partial charge in [-0.1, -0.05) is 6.08 Å². The Kier molecular flexibility index (Phi) is 11.8. The summed E-state index contributed by atoms with van der Waals surface area (Å²) in [7, 11) is -16.3. The van der Waals surface area contributed by atoms with Crippen LogP contribution in [0.5, 0.6) is 0 Å². The molecule has 274 valence electrons. The maximum Gasteiger partial charge on any atom is 0.481 e. The van der Waals surface area contributed by atoms with Crippen LogP contribution >= 0.6 is 23.5 Å². The predicted octanol–water partition coefficient (Wildman–Crippen LogP) is -3.39. The molecule has 0 radical (unpaired) electrons. The maximum absolute atomic E-state index is 12.6. The van der Waals surface area contributed by atoms with Gasteiger partial charge < -0.3 is 66.2 Å². The number of primary amides is 1. The second-order valence-electron chi connectivity index (χ2n) is 10.4. The highest BCUT2D eigenvalue weighted by atomic mass is 31.3. The van der Waals surface area contributed by atoms with E-state index in [9.17, 15) is 53.4 Å². The lowest BCUT2D eigenvalue weighted by Gasteiger charge is -2.28. The number of nitrogens with two attached hydrogens (primary N) is 2. The van der Waals surface area contributed by atoms with Crippen molar-refractivity contribution < 1.29 is 86.2 Å². The summed E-state index contributed by atoms with van der Waals surface area (Å²) in [6, 6.07) is 0. The number of phosphoric acid groups is 3. The number of phosphoric ester groups is 3. The molecule has 2 fully saturated rings. The van der Waals surface area contributed by atoms with E-state index in [1.54, 1.807) is 0 Å². The lowest BCUT2D eigenvalue weighted by Crippen LogP contribution is -2.40. The Balaban J connectivity index is 0.00000541. The van der Waals surface area contributed by atoms with Crippen LogP contribution in [0.2, 0.25) is 0 Å². The first kappa shape index (κ1) is 39.0. The van der Waals surface area contributed by atoms with Crippen molar-refractivity contribution in [1.29, 1.82) is 0 Å². The number of aromatic nitrogens is 4. The van der Waals surface area contributed by atoms with Crippen LogP contribution in [0.15, 0.2) is 36.7 Å². The highest BCUT2D eigenvalue weighted by Gasteiger charge is 2.51. The first-order chi connectivity index (χ1) is 22.4. The van der Waals surface area contributed by atoms with Crippen LogP contribution in [0, 0.1) is 0 Å². The molecule has 0 aliphatic carbocycles. The van der Waals surface area contributed by atoms with Crippen LogP contribution in [0.1, 0.15) is 12.6 Å². The minimum atomic E-state index is -5.52. The molecule has 1 amide bonds. The molecule has 25 nitrogen and oxygen atoms in total. The Labute approximate surface area is 274 Å². The van der Waals surface area contributed by atoms with Gasteiger partial charge in [-0.15, -0.1) is 0 Å². The fourth-order valence-electron chi connectivity index (χ4n) is 4.93. The molecule has 49 heavy (non-hydrogen) atoms. The number of fused-ring (bicyclic) bond motifs is 1. The molecule has 5 rings (SSSR count). The number of hydrogen-bond acceptors (Lipinski definition) is 18. The number of imidazole rings is 1. The van der Waals surface area contributed by atoms with Gasteiger partial charge in [-0.3, -0.25) is 22.9 Å². The van der Waals surface area contributed by atoms with Crippen LogP contribution in [0.25, 0.3) is 11.2 Å². The number of amides is 1. The van der Waals surface area contributed by atoms with E-state index in [2.05, 4.69) is 23.8 Å². The summed E-state index contributed by atoms with van der Waals surface area (Å²) in [6.45, 7) is -2.02. The topological polar surface area (TPSA) is 396 Å². The van der Waals surface area contributed by atoms with Crippen molar-refractivity contribution in [3.63, 3.8) is 0 Å². The molecule has 2 saturated heterocycles. The lowest BCUT2D eigenvalue weighted by molar-refractivity contribution is -0.115. The number of anilines is 1. The third-order valence-corrected chi connectivity index (χ3v) is 10.2. The number of allylic oxidation sites excluding steroid dienone is 1. The van der Waals surface area contributed by atoms with Gasteiger partial charge in [0.1, 0.15) is 48.5 Å². The van der Waals surface area contributed by atoms with Gasteiger partial charge >= 0.3 is 23.5 Å². The fraction of sp³-hybridized carbons (Fsp3) is 0.524. The summed E-state index contributed by atoms with van der Waals surface area (Å²) in [4.78, 5) is 63.4. The van der Waals surface area contributed by atoms with E-state index in [1.165, 1.54) is 23.4 Å². The molecule has 3 aliphatic heterocycles. The fourth-order valence-corrected chi connectivity index (χ4v) is 7.57. The monoisotopic (exact) mass is 763 g/mol. The highest BCUT2D eigenvalue weighted by molar-refractivity contribution is 7.61. The number of nitrogens with zero attached hydrogens (tertiary/aromatic N) is 5. The molecule has 2 aromatic rings. The van der Waals surface area contributed by atoms with Gasteiger partial charge in [-0.2, -0.15) is 4.31 Å². The lowest BCUT2D eigenvalue weighted by atomic mass is 10.1. The Morgan fingerprint density at radius 2 is 1.55 bits per heavy atom. The number of rotatable bonds is 13. The Hall–Kier alpha value is -2.77. The van der Waals surface area contributed by atoms with E-state index in [-0.39, 0.29) is 34.5 Å². The molecular formula is C21H32N7O18P3. The van der Waals surface area contributed by atoms with Crippen LogP contribution in [0.4, 0.5) is 5.82 Å². The van der Waals surface area contributed by atoms with Gasteiger partial charge in [-0.25, -0.2) is 28.6 Å². The molecule has 0 bridgehead atoms. The van der Waals surface area contributed by atoms with Crippen molar-refractivity contribution in [2.45, 2.75) is 55.5 Å². The number of aliphatic hydroxyl groups excluding tert-OH is 3. The van der Waals surface area contributed by atoms with Crippen molar-refractivity contribution >= 4 is 46.4 Å². The second-order valence-corrected chi connectivity index (χ2v) is 14.6. The van der Waals surface area contributed by atoms with Crippen molar-refractivity contribution in [3.05, 3.63) is 36.7 Å². The van der Waals surface area contributed by atoms with Gasteiger partial charge in [0.2, 0.25) is 5.91 Å². The molecule has 2 aromatic heterocycles. The maximum atomic E-state index is 12.6. The Morgan fingerprint density at radius 3 is 2.16 bits per heavy atom. The molecule has 0 spiro atoms. The number of aliphatic hydroxyl groups is 3. The van der Waals surface area contributed by atoms with Gasteiger partial charge in [-0.05, 0) is 6.42 Å². The third-order valence-electron chi connectivity index (χ3n) is 7.11. The summed E-state index contributed by atoms with van der Waals surface area (Å²) in [6.07, 6.45) is -6.47. The molecule has 13 N–H and O–H groups in total. The quantitative estimate of drug-likeness (QED) is 0.0898. The van der Waals surface area contributed by atoms with E-state index in [0.717, 1.165) is 17.2 Å².